The zero-order valence-electron chi connectivity index (χ0n) is 18.9. The van der Waals surface area contributed by atoms with Gasteiger partial charge in [-0.05, 0) is 56.7 Å². The Hall–Kier alpha value is -2.83. The van der Waals surface area contributed by atoms with Crippen LogP contribution in [-0.4, -0.2) is 42.7 Å². The van der Waals surface area contributed by atoms with E-state index in [1.807, 2.05) is 41.7 Å². The fourth-order valence-electron chi connectivity index (χ4n) is 2.96. The number of aryl methyl sites for hydroxylation is 1. The first kappa shape index (κ1) is 25.8. The molecule has 0 unspecified atom stereocenters. The van der Waals surface area contributed by atoms with E-state index < -0.39 is 15.9 Å². The van der Waals surface area contributed by atoms with Gasteiger partial charge in [0, 0.05) is 23.1 Å². The molecule has 2 heterocycles. The molecular formula is C22H24BrN5O4S2. The Morgan fingerprint density at radius 1 is 1.26 bits per heavy atom. The quantitative estimate of drug-likeness (QED) is 0.365. The van der Waals surface area contributed by atoms with Crippen LogP contribution in [0.3, 0.4) is 0 Å². The van der Waals surface area contributed by atoms with Gasteiger partial charge in [-0.3, -0.25) is 4.79 Å². The van der Waals surface area contributed by atoms with E-state index in [4.69, 9.17) is 4.74 Å². The molecule has 12 heteroatoms. The highest BCUT2D eigenvalue weighted by atomic mass is 79.9. The molecular weight excluding hydrogens is 542 g/mol. The SMILES string of the molecule is C=C(C)COc1ccc(Br)cc1CN(CC)c1ccc(C(=O)NS(=O)(=O)c2scnc2C)nn1. The summed E-state index contributed by atoms with van der Waals surface area (Å²) in [6.07, 6.45) is 0. The second kappa shape index (κ2) is 11.1. The lowest BCUT2D eigenvalue weighted by molar-refractivity contribution is 0.0975. The third-order valence-corrected chi connectivity index (χ3v) is 8.02. The fourth-order valence-corrected chi connectivity index (χ4v) is 5.54. The number of carbonyl (C=O) groups excluding carboxylic acids is 1. The van der Waals surface area contributed by atoms with E-state index in [1.165, 1.54) is 11.6 Å². The largest absolute Gasteiger partial charge is 0.489 e. The van der Waals surface area contributed by atoms with Crippen molar-refractivity contribution in [1.82, 2.24) is 19.9 Å². The van der Waals surface area contributed by atoms with E-state index in [0.717, 1.165) is 32.7 Å². The molecule has 3 aromatic rings. The zero-order valence-corrected chi connectivity index (χ0v) is 22.1. The molecule has 0 aliphatic heterocycles. The van der Waals surface area contributed by atoms with Crippen molar-refractivity contribution in [2.75, 3.05) is 18.1 Å². The summed E-state index contributed by atoms with van der Waals surface area (Å²) in [5, 5.41) is 8.09. The van der Waals surface area contributed by atoms with Crippen molar-refractivity contribution in [2.24, 2.45) is 0 Å². The van der Waals surface area contributed by atoms with Crippen molar-refractivity contribution in [3.63, 3.8) is 0 Å². The minimum absolute atomic E-state index is 0.0127. The van der Waals surface area contributed by atoms with Gasteiger partial charge in [-0.15, -0.1) is 21.5 Å². The van der Waals surface area contributed by atoms with Gasteiger partial charge >= 0.3 is 0 Å². The van der Waals surface area contributed by atoms with Crippen LogP contribution in [0.5, 0.6) is 5.75 Å². The van der Waals surface area contributed by atoms with Crippen molar-refractivity contribution in [1.29, 1.82) is 0 Å². The van der Waals surface area contributed by atoms with E-state index in [0.29, 0.717) is 31.2 Å². The van der Waals surface area contributed by atoms with Crippen LogP contribution in [0.15, 0.2) is 56.7 Å². The van der Waals surface area contributed by atoms with Gasteiger partial charge in [-0.25, -0.2) is 18.1 Å². The highest BCUT2D eigenvalue weighted by Gasteiger charge is 2.24. The van der Waals surface area contributed by atoms with Crippen molar-refractivity contribution >= 4 is 49.0 Å². The van der Waals surface area contributed by atoms with Crippen molar-refractivity contribution in [3.8, 4) is 5.75 Å². The van der Waals surface area contributed by atoms with Gasteiger partial charge in [0.1, 0.15) is 12.4 Å². The molecule has 1 amide bonds. The monoisotopic (exact) mass is 565 g/mol. The standard InChI is InChI=1S/C22H24BrN5O4S2/c1-5-28(11-16-10-17(23)6-8-19(16)32-12-14(2)3)20-9-7-18(25-26-20)21(29)27-34(30,31)22-15(4)24-13-33-22/h6-10,13H,2,5,11-12H2,1,3-4H3,(H,27,29). The number of hydrogen-bond acceptors (Lipinski definition) is 9. The van der Waals surface area contributed by atoms with Crippen molar-refractivity contribution in [2.45, 2.75) is 31.5 Å². The van der Waals surface area contributed by atoms with Crippen LogP contribution < -0.4 is 14.4 Å². The fraction of sp³-hybridized carbons (Fsp3) is 0.273. The molecule has 1 aromatic carbocycles. The maximum absolute atomic E-state index is 12.5. The first-order valence-corrected chi connectivity index (χ1v) is 13.4. The summed E-state index contributed by atoms with van der Waals surface area (Å²) < 4.78 is 33.7. The number of thiazole rings is 1. The number of aromatic nitrogens is 3. The number of rotatable bonds is 10. The van der Waals surface area contributed by atoms with Gasteiger partial charge in [0.25, 0.3) is 15.9 Å². The number of hydrogen-bond donors (Lipinski definition) is 1. The summed E-state index contributed by atoms with van der Waals surface area (Å²) in [4.78, 5) is 18.3. The Balaban J connectivity index is 1.76. The lowest BCUT2D eigenvalue weighted by Crippen LogP contribution is -2.31. The van der Waals surface area contributed by atoms with Gasteiger partial charge in [-0.1, -0.05) is 22.5 Å². The van der Waals surface area contributed by atoms with Crippen LogP contribution in [0, 0.1) is 6.92 Å². The normalized spacial score (nSPS) is 11.2. The van der Waals surface area contributed by atoms with Crippen LogP contribution in [0.1, 0.15) is 35.6 Å². The summed E-state index contributed by atoms with van der Waals surface area (Å²) in [7, 11) is -4.03. The summed E-state index contributed by atoms with van der Waals surface area (Å²) in [5.74, 6) is 0.403. The van der Waals surface area contributed by atoms with Crippen LogP contribution >= 0.6 is 27.3 Å². The third kappa shape index (κ3) is 6.39. The van der Waals surface area contributed by atoms with Gasteiger partial charge in [0.15, 0.2) is 15.7 Å². The summed E-state index contributed by atoms with van der Waals surface area (Å²) in [5.41, 5.74) is 3.46. The minimum atomic E-state index is -4.03. The van der Waals surface area contributed by atoms with Crippen LogP contribution in [0.4, 0.5) is 5.82 Å². The number of sulfonamides is 1. The van der Waals surface area contributed by atoms with E-state index in [2.05, 4.69) is 37.7 Å². The second-order valence-electron chi connectivity index (χ2n) is 7.45. The molecule has 0 saturated carbocycles. The molecule has 0 aliphatic rings. The van der Waals surface area contributed by atoms with Gasteiger partial charge < -0.3 is 9.64 Å². The lowest BCUT2D eigenvalue weighted by Gasteiger charge is -2.23. The van der Waals surface area contributed by atoms with E-state index in [1.54, 1.807) is 13.0 Å². The number of carbonyl (C=O) groups is 1. The molecule has 2 aromatic heterocycles. The Morgan fingerprint density at radius 3 is 2.62 bits per heavy atom. The number of ether oxygens (including phenoxy) is 1. The second-order valence-corrected chi connectivity index (χ2v) is 11.1. The van der Waals surface area contributed by atoms with Crippen LogP contribution in [0.25, 0.3) is 0 Å². The van der Waals surface area contributed by atoms with Gasteiger partial charge in [0.05, 0.1) is 11.2 Å². The Labute approximate surface area is 211 Å². The summed E-state index contributed by atoms with van der Waals surface area (Å²) >= 11 is 4.43. The number of nitrogens with one attached hydrogen (secondary N) is 1. The highest BCUT2D eigenvalue weighted by Crippen LogP contribution is 2.26. The summed E-state index contributed by atoms with van der Waals surface area (Å²) in [6, 6.07) is 8.83. The number of halogens is 1. The predicted octanol–water partition coefficient (Wildman–Crippen LogP) is 4.10. The minimum Gasteiger partial charge on any atom is -0.489 e. The number of nitrogens with zero attached hydrogens (tertiary/aromatic N) is 4. The van der Waals surface area contributed by atoms with E-state index in [-0.39, 0.29) is 9.90 Å². The molecule has 9 nitrogen and oxygen atoms in total. The Bertz CT molecular complexity index is 1290. The topological polar surface area (TPSA) is 114 Å². The molecule has 34 heavy (non-hydrogen) atoms. The third-order valence-electron chi connectivity index (χ3n) is 4.62. The van der Waals surface area contributed by atoms with Crippen molar-refractivity contribution in [3.05, 3.63) is 69.4 Å². The molecule has 0 fully saturated rings. The molecule has 180 valence electrons. The van der Waals surface area contributed by atoms with Gasteiger partial charge in [0.2, 0.25) is 0 Å². The van der Waals surface area contributed by atoms with E-state index in [9.17, 15) is 13.2 Å². The van der Waals surface area contributed by atoms with Crippen LogP contribution in [0.2, 0.25) is 0 Å². The summed E-state index contributed by atoms with van der Waals surface area (Å²) in [6.45, 7) is 10.8. The molecule has 3 rings (SSSR count). The molecule has 0 aliphatic carbocycles. The zero-order chi connectivity index (χ0) is 24.9. The highest BCUT2D eigenvalue weighted by molar-refractivity contribution is 9.10. The smallest absolute Gasteiger partial charge is 0.285 e. The molecule has 1 N–H and O–H groups in total. The molecule has 0 spiro atoms. The number of amides is 1. The molecule has 0 saturated heterocycles. The Morgan fingerprint density at radius 2 is 2.03 bits per heavy atom. The maximum Gasteiger partial charge on any atom is 0.285 e. The molecule has 0 atom stereocenters. The molecule has 0 bridgehead atoms. The van der Waals surface area contributed by atoms with Crippen molar-refractivity contribution < 1.29 is 17.9 Å². The Kier molecular flexibility index (Phi) is 8.39. The first-order chi connectivity index (χ1) is 16.1. The van der Waals surface area contributed by atoms with E-state index >= 15 is 0 Å². The lowest BCUT2D eigenvalue weighted by atomic mass is 10.2. The molecule has 0 radical (unpaired) electrons. The first-order valence-electron chi connectivity index (χ1n) is 10.2. The maximum atomic E-state index is 12.5. The predicted molar refractivity (Wildman–Crippen MR) is 135 cm³/mol. The number of benzene rings is 1. The average molecular weight is 567 g/mol. The van der Waals surface area contributed by atoms with Crippen LogP contribution in [-0.2, 0) is 16.6 Å². The average Bonchev–Trinajstić information content (AvgIpc) is 3.23. The number of anilines is 1. The van der Waals surface area contributed by atoms with Gasteiger partial charge in [-0.2, -0.15) is 0 Å².